The van der Waals surface area contributed by atoms with Crippen molar-refractivity contribution in [3.63, 3.8) is 0 Å². The van der Waals surface area contributed by atoms with Crippen molar-refractivity contribution >= 4 is 0 Å². The third-order valence-corrected chi connectivity index (χ3v) is 2.53. The summed E-state index contributed by atoms with van der Waals surface area (Å²) in [6, 6.07) is 10.6. The Kier molecular flexibility index (Phi) is 2.77. The molecule has 15 heavy (non-hydrogen) atoms. The Balaban J connectivity index is 2.32. The van der Waals surface area contributed by atoms with Crippen LogP contribution in [0.25, 0.3) is 0 Å². The van der Waals surface area contributed by atoms with Gasteiger partial charge in [0, 0.05) is 18.3 Å². The van der Waals surface area contributed by atoms with Gasteiger partial charge in [0.25, 0.3) is 0 Å². The molecule has 0 radical (unpaired) electrons. The Bertz CT molecular complexity index is 439. The minimum atomic E-state index is -0.191. The van der Waals surface area contributed by atoms with Gasteiger partial charge < -0.3 is 0 Å². The maximum absolute atomic E-state index is 13.0. The quantitative estimate of drug-likeness (QED) is 0.725. The summed E-state index contributed by atoms with van der Waals surface area (Å²) in [5, 5.41) is 0. The first-order valence-corrected chi connectivity index (χ1v) is 4.93. The van der Waals surface area contributed by atoms with Crippen LogP contribution in [0.2, 0.25) is 0 Å². The van der Waals surface area contributed by atoms with Crippen molar-refractivity contribution in [3.8, 4) is 0 Å². The molecule has 2 aromatic rings. The number of aromatic nitrogens is 1. The highest BCUT2D eigenvalue weighted by atomic mass is 19.1. The number of pyridine rings is 1. The standard InChI is InChI=1S/C13H12FN/c1-10(12-5-3-7-15-9-12)11-4-2-6-13(14)8-11/h2-10H,1H3. The highest BCUT2D eigenvalue weighted by molar-refractivity contribution is 5.29. The zero-order valence-electron chi connectivity index (χ0n) is 8.52. The predicted molar refractivity (Wildman–Crippen MR) is 58.2 cm³/mol. The average molecular weight is 201 g/mol. The molecule has 1 aromatic carbocycles. The topological polar surface area (TPSA) is 12.9 Å². The third kappa shape index (κ3) is 2.21. The maximum atomic E-state index is 13.0. The summed E-state index contributed by atoms with van der Waals surface area (Å²) < 4.78 is 13.0. The van der Waals surface area contributed by atoms with Crippen LogP contribution < -0.4 is 0 Å². The van der Waals surface area contributed by atoms with E-state index in [1.165, 1.54) is 6.07 Å². The molecule has 0 N–H and O–H groups in total. The lowest BCUT2D eigenvalue weighted by molar-refractivity contribution is 0.624. The van der Waals surface area contributed by atoms with Gasteiger partial charge in [-0.1, -0.05) is 25.1 Å². The summed E-state index contributed by atoms with van der Waals surface area (Å²) in [6.45, 7) is 2.05. The molecule has 0 saturated carbocycles. The Labute approximate surface area is 88.6 Å². The van der Waals surface area contributed by atoms with Gasteiger partial charge in [-0.25, -0.2) is 4.39 Å². The molecule has 2 heteroatoms. The van der Waals surface area contributed by atoms with E-state index in [4.69, 9.17) is 0 Å². The summed E-state index contributed by atoms with van der Waals surface area (Å²) >= 11 is 0. The second-order valence-corrected chi connectivity index (χ2v) is 3.56. The summed E-state index contributed by atoms with van der Waals surface area (Å²) in [5.74, 6) is -0.0161. The van der Waals surface area contributed by atoms with Crippen molar-refractivity contribution in [2.45, 2.75) is 12.8 Å². The molecule has 1 heterocycles. The van der Waals surface area contributed by atoms with Gasteiger partial charge in [-0.15, -0.1) is 0 Å². The first-order chi connectivity index (χ1) is 7.27. The van der Waals surface area contributed by atoms with Crippen LogP contribution in [-0.4, -0.2) is 4.98 Å². The fourth-order valence-corrected chi connectivity index (χ4v) is 1.60. The van der Waals surface area contributed by atoms with E-state index in [2.05, 4.69) is 4.98 Å². The lowest BCUT2D eigenvalue weighted by Crippen LogP contribution is -1.96. The van der Waals surface area contributed by atoms with Crippen molar-refractivity contribution in [2.75, 3.05) is 0 Å². The monoisotopic (exact) mass is 201 g/mol. The van der Waals surface area contributed by atoms with Crippen LogP contribution in [0.15, 0.2) is 48.8 Å². The molecule has 1 unspecified atom stereocenters. The lowest BCUT2D eigenvalue weighted by atomic mass is 9.94. The minimum Gasteiger partial charge on any atom is -0.264 e. The van der Waals surface area contributed by atoms with E-state index in [0.717, 1.165) is 11.1 Å². The van der Waals surface area contributed by atoms with Crippen molar-refractivity contribution in [1.29, 1.82) is 0 Å². The summed E-state index contributed by atoms with van der Waals surface area (Å²) in [7, 11) is 0. The number of hydrogen-bond acceptors (Lipinski definition) is 1. The molecule has 0 spiro atoms. The third-order valence-electron chi connectivity index (χ3n) is 2.53. The van der Waals surface area contributed by atoms with Gasteiger partial charge in [0.05, 0.1) is 0 Å². The van der Waals surface area contributed by atoms with Crippen molar-refractivity contribution in [3.05, 3.63) is 65.7 Å². The molecular weight excluding hydrogens is 189 g/mol. The molecule has 0 aliphatic heterocycles. The van der Waals surface area contributed by atoms with Crippen LogP contribution in [0.3, 0.4) is 0 Å². The second-order valence-electron chi connectivity index (χ2n) is 3.56. The lowest BCUT2D eigenvalue weighted by Gasteiger charge is -2.11. The smallest absolute Gasteiger partial charge is 0.123 e. The van der Waals surface area contributed by atoms with E-state index < -0.39 is 0 Å². The van der Waals surface area contributed by atoms with Crippen molar-refractivity contribution < 1.29 is 4.39 Å². The summed E-state index contributed by atoms with van der Waals surface area (Å²) in [6.07, 6.45) is 3.55. The van der Waals surface area contributed by atoms with Crippen LogP contribution in [0.5, 0.6) is 0 Å². The predicted octanol–water partition coefficient (Wildman–Crippen LogP) is 3.37. The largest absolute Gasteiger partial charge is 0.264 e. The maximum Gasteiger partial charge on any atom is 0.123 e. The van der Waals surface area contributed by atoms with Crippen molar-refractivity contribution in [1.82, 2.24) is 4.98 Å². The SMILES string of the molecule is CC(c1cccnc1)c1cccc(F)c1. The van der Waals surface area contributed by atoms with E-state index in [1.54, 1.807) is 18.3 Å². The molecule has 1 aromatic heterocycles. The fourth-order valence-electron chi connectivity index (χ4n) is 1.60. The molecular formula is C13H12FN. The zero-order chi connectivity index (χ0) is 10.7. The van der Waals surface area contributed by atoms with Gasteiger partial charge in [-0.05, 0) is 29.3 Å². The van der Waals surface area contributed by atoms with Crippen LogP contribution in [0, 0.1) is 5.82 Å². The molecule has 0 aliphatic rings. The molecule has 0 saturated heterocycles. The molecule has 0 bridgehead atoms. The molecule has 1 nitrogen and oxygen atoms in total. The molecule has 0 aliphatic carbocycles. The Morgan fingerprint density at radius 3 is 2.60 bits per heavy atom. The number of benzene rings is 1. The number of halogens is 1. The minimum absolute atomic E-state index is 0.175. The van der Waals surface area contributed by atoms with Crippen molar-refractivity contribution in [2.24, 2.45) is 0 Å². The van der Waals surface area contributed by atoms with Crippen LogP contribution in [0.1, 0.15) is 24.0 Å². The highest BCUT2D eigenvalue weighted by Gasteiger charge is 2.08. The molecule has 76 valence electrons. The van der Waals surface area contributed by atoms with Gasteiger partial charge in [0.1, 0.15) is 5.82 Å². The number of rotatable bonds is 2. The number of nitrogens with zero attached hydrogens (tertiary/aromatic N) is 1. The Hall–Kier alpha value is -1.70. The molecule has 2 rings (SSSR count). The van der Waals surface area contributed by atoms with E-state index in [0.29, 0.717) is 0 Å². The Morgan fingerprint density at radius 2 is 1.93 bits per heavy atom. The molecule has 1 atom stereocenters. The first-order valence-electron chi connectivity index (χ1n) is 4.93. The summed E-state index contributed by atoms with van der Waals surface area (Å²) in [5.41, 5.74) is 2.08. The van der Waals surface area contributed by atoms with Gasteiger partial charge >= 0.3 is 0 Å². The van der Waals surface area contributed by atoms with Gasteiger partial charge in [0.2, 0.25) is 0 Å². The average Bonchev–Trinajstić information content (AvgIpc) is 2.29. The van der Waals surface area contributed by atoms with Gasteiger partial charge in [0.15, 0.2) is 0 Å². The van der Waals surface area contributed by atoms with Crippen LogP contribution >= 0.6 is 0 Å². The van der Waals surface area contributed by atoms with Crippen LogP contribution in [0.4, 0.5) is 4.39 Å². The van der Waals surface area contributed by atoms with E-state index in [1.807, 2.05) is 31.3 Å². The van der Waals surface area contributed by atoms with E-state index in [-0.39, 0.29) is 11.7 Å². The highest BCUT2D eigenvalue weighted by Crippen LogP contribution is 2.23. The van der Waals surface area contributed by atoms with E-state index >= 15 is 0 Å². The van der Waals surface area contributed by atoms with Gasteiger partial charge in [-0.3, -0.25) is 4.98 Å². The van der Waals surface area contributed by atoms with E-state index in [9.17, 15) is 4.39 Å². The van der Waals surface area contributed by atoms with Gasteiger partial charge in [-0.2, -0.15) is 0 Å². The molecule has 0 fully saturated rings. The van der Waals surface area contributed by atoms with Crippen LogP contribution in [-0.2, 0) is 0 Å². The normalized spacial score (nSPS) is 12.4. The first kappa shape index (κ1) is 9.84. The number of hydrogen-bond donors (Lipinski definition) is 0. The molecule has 0 amide bonds. The summed E-state index contributed by atoms with van der Waals surface area (Å²) in [4.78, 5) is 4.06. The Morgan fingerprint density at radius 1 is 1.13 bits per heavy atom. The zero-order valence-corrected chi connectivity index (χ0v) is 8.52. The fraction of sp³-hybridized carbons (Fsp3) is 0.154. The second kappa shape index (κ2) is 4.22.